The van der Waals surface area contributed by atoms with Crippen molar-refractivity contribution in [3.8, 4) is 0 Å². The number of rotatable bonds is 7. The van der Waals surface area contributed by atoms with E-state index in [0.29, 0.717) is 11.2 Å². The number of hydrogen-bond acceptors (Lipinski definition) is 5. The lowest BCUT2D eigenvalue weighted by Gasteiger charge is -2.31. The Hall–Kier alpha value is -0.945. The molecule has 0 aromatic carbocycles. The minimum atomic E-state index is -1.03. The molecule has 0 spiro atoms. The molecule has 20 heavy (non-hydrogen) atoms. The number of pyridine rings is 1. The van der Waals surface area contributed by atoms with E-state index >= 15 is 0 Å². The molecule has 5 nitrogen and oxygen atoms in total. The van der Waals surface area contributed by atoms with Crippen molar-refractivity contribution in [2.75, 3.05) is 13.7 Å². The number of aliphatic hydroxyl groups is 1. The van der Waals surface area contributed by atoms with Crippen LogP contribution in [0.25, 0.3) is 0 Å². The molecular weight excluding hydrogens is 257 g/mol. The second-order valence-electron chi connectivity index (χ2n) is 5.72. The molecule has 0 fully saturated rings. The van der Waals surface area contributed by atoms with Gasteiger partial charge in [-0.25, -0.2) is 0 Å². The van der Waals surface area contributed by atoms with Crippen molar-refractivity contribution in [1.29, 1.82) is 0 Å². The molecule has 1 aromatic heterocycles. The zero-order valence-electron chi connectivity index (χ0n) is 12.8. The van der Waals surface area contributed by atoms with Crippen LogP contribution in [0.4, 0.5) is 0 Å². The smallest absolute Gasteiger partial charge is 0.423 e. The van der Waals surface area contributed by atoms with Gasteiger partial charge < -0.3 is 19.5 Å². The minimum absolute atomic E-state index is 0.186. The molecular formula is C14H24BNO4. The van der Waals surface area contributed by atoms with Crippen molar-refractivity contribution in [2.24, 2.45) is 5.92 Å². The average Bonchev–Trinajstić information content (AvgIpc) is 2.38. The summed E-state index contributed by atoms with van der Waals surface area (Å²) in [6.07, 6.45) is 0.745. The Labute approximate surface area is 121 Å². The van der Waals surface area contributed by atoms with Gasteiger partial charge in [0, 0.05) is 18.8 Å². The molecule has 0 aliphatic carbocycles. The summed E-state index contributed by atoms with van der Waals surface area (Å²) in [6.45, 7) is 8.13. The maximum Gasteiger partial charge on any atom is 0.493 e. The van der Waals surface area contributed by atoms with E-state index in [2.05, 4.69) is 4.98 Å². The molecule has 0 aliphatic heterocycles. The first-order chi connectivity index (χ1) is 9.27. The molecule has 0 amide bonds. The van der Waals surface area contributed by atoms with Gasteiger partial charge in [0.25, 0.3) is 0 Å². The Morgan fingerprint density at radius 3 is 2.45 bits per heavy atom. The predicted molar refractivity (Wildman–Crippen MR) is 78.7 cm³/mol. The van der Waals surface area contributed by atoms with Crippen LogP contribution >= 0.6 is 0 Å². The molecule has 6 heteroatoms. The first kappa shape index (κ1) is 17.1. The van der Waals surface area contributed by atoms with Crippen LogP contribution in [-0.4, -0.2) is 41.6 Å². The average molecular weight is 281 g/mol. The monoisotopic (exact) mass is 281 g/mol. The van der Waals surface area contributed by atoms with Gasteiger partial charge >= 0.3 is 7.12 Å². The van der Waals surface area contributed by atoms with Gasteiger partial charge in [-0.3, -0.25) is 4.98 Å². The van der Waals surface area contributed by atoms with Crippen LogP contribution in [0.15, 0.2) is 18.3 Å². The molecule has 112 valence electrons. The molecule has 0 bridgehead atoms. The van der Waals surface area contributed by atoms with Crippen molar-refractivity contribution < 1.29 is 19.5 Å². The summed E-state index contributed by atoms with van der Waals surface area (Å²) < 4.78 is 10.5. The summed E-state index contributed by atoms with van der Waals surface area (Å²) >= 11 is 0. The SMILES string of the molecule is COCC(O)c1ccc(B(O)OC(C)(C)C(C)C)cn1. The van der Waals surface area contributed by atoms with Gasteiger partial charge in [0.05, 0.1) is 17.9 Å². The highest BCUT2D eigenvalue weighted by Crippen LogP contribution is 2.20. The van der Waals surface area contributed by atoms with Crippen LogP contribution < -0.4 is 5.46 Å². The van der Waals surface area contributed by atoms with Gasteiger partial charge in [0.1, 0.15) is 6.10 Å². The molecule has 1 atom stereocenters. The molecule has 1 aromatic rings. The first-order valence-electron chi connectivity index (χ1n) is 6.76. The Balaban J connectivity index is 2.73. The van der Waals surface area contributed by atoms with E-state index in [9.17, 15) is 10.1 Å². The Bertz CT molecular complexity index is 408. The summed E-state index contributed by atoms with van der Waals surface area (Å²) in [5.74, 6) is 0.271. The van der Waals surface area contributed by atoms with Crippen LogP contribution in [-0.2, 0) is 9.39 Å². The summed E-state index contributed by atoms with van der Waals surface area (Å²) in [5, 5.41) is 19.8. The van der Waals surface area contributed by atoms with E-state index in [0.717, 1.165) is 0 Å². The highest BCUT2D eigenvalue weighted by molar-refractivity contribution is 6.59. The van der Waals surface area contributed by atoms with Gasteiger partial charge in [-0.15, -0.1) is 0 Å². The maximum absolute atomic E-state index is 10.1. The molecule has 0 radical (unpaired) electrons. The topological polar surface area (TPSA) is 71.8 Å². The molecule has 1 rings (SSSR count). The third-order valence-corrected chi connectivity index (χ3v) is 3.57. The number of hydrogen-bond donors (Lipinski definition) is 2. The van der Waals surface area contributed by atoms with Crippen LogP contribution in [0.3, 0.4) is 0 Å². The second kappa shape index (κ2) is 7.17. The van der Waals surface area contributed by atoms with E-state index in [1.54, 1.807) is 12.1 Å². The van der Waals surface area contributed by atoms with E-state index in [-0.39, 0.29) is 12.5 Å². The van der Waals surface area contributed by atoms with Crippen molar-refractivity contribution in [3.05, 3.63) is 24.0 Å². The van der Waals surface area contributed by atoms with E-state index < -0.39 is 18.8 Å². The number of nitrogens with zero attached hydrogens (tertiary/aromatic N) is 1. The molecule has 0 saturated carbocycles. The molecule has 2 N–H and O–H groups in total. The molecule has 1 unspecified atom stereocenters. The quantitative estimate of drug-likeness (QED) is 0.727. The molecule has 0 saturated heterocycles. The van der Waals surface area contributed by atoms with Crippen LogP contribution in [0, 0.1) is 5.92 Å². The maximum atomic E-state index is 10.1. The normalized spacial score (nSPS) is 13.6. The standard InChI is InChI=1S/C14H24BNO4/c1-10(2)14(3,4)20-15(18)11-6-7-12(16-8-11)13(17)9-19-5/h6-8,10,13,17-18H,9H2,1-5H3. The van der Waals surface area contributed by atoms with E-state index in [1.165, 1.54) is 13.3 Å². The van der Waals surface area contributed by atoms with Gasteiger partial charge in [-0.1, -0.05) is 19.9 Å². The lowest BCUT2D eigenvalue weighted by atomic mass is 9.78. The second-order valence-corrected chi connectivity index (χ2v) is 5.72. The summed E-state index contributed by atoms with van der Waals surface area (Å²) in [4.78, 5) is 4.12. The fourth-order valence-electron chi connectivity index (χ4n) is 1.50. The summed E-state index contributed by atoms with van der Waals surface area (Å²) in [5.41, 5.74) is 0.631. The minimum Gasteiger partial charge on any atom is -0.423 e. The summed E-state index contributed by atoms with van der Waals surface area (Å²) in [7, 11) is 0.483. The van der Waals surface area contributed by atoms with Gasteiger partial charge in [0.15, 0.2) is 0 Å². The number of ether oxygens (including phenoxy) is 1. The zero-order valence-corrected chi connectivity index (χ0v) is 12.8. The Kier molecular flexibility index (Phi) is 6.14. The zero-order chi connectivity index (χ0) is 15.3. The van der Waals surface area contributed by atoms with Crippen molar-refractivity contribution in [1.82, 2.24) is 4.98 Å². The van der Waals surface area contributed by atoms with E-state index in [4.69, 9.17) is 9.39 Å². The lowest BCUT2D eigenvalue weighted by Crippen LogP contribution is -2.44. The first-order valence-corrected chi connectivity index (χ1v) is 6.76. The largest absolute Gasteiger partial charge is 0.493 e. The Morgan fingerprint density at radius 1 is 1.35 bits per heavy atom. The number of aliphatic hydroxyl groups excluding tert-OH is 1. The predicted octanol–water partition coefficient (Wildman–Crippen LogP) is 0.900. The third kappa shape index (κ3) is 4.56. The third-order valence-electron chi connectivity index (χ3n) is 3.57. The molecule has 0 aliphatic rings. The Morgan fingerprint density at radius 2 is 2.00 bits per heavy atom. The van der Waals surface area contributed by atoms with Gasteiger partial charge in [-0.2, -0.15) is 0 Å². The number of methoxy groups -OCH3 is 1. The van der Waals surface area contributed by atoms with Gasteiger partial charge in [-0.05, 0) is 25.8 Å². The highest BCUT2D eigenvalue weighted by atomic mass is 16.5. The fourth-order valence-corrected chi connectivity index (χ4v) is 1.50. The van der Waals surface area contributed by atoms with Crippen LogP contribution in [0.1, 0.15) is 39.5 Å². The fraction of sp³-hybridized carbons (Fsp3) is 0.643. The van der Waals surface area contributed by atoms with Crippen molar-refractivity contribution >= 4 is 12.6 Å². The van der Waals surface area contributed by atoms with Crippen molar-refractivity contribution in [2.45, 2.75) is 39.4 Å². The summed E-state index contributed by atoms with van der Waals surface area (Å²) in [6, 6.07) is 3.36. The van der Waals surface area contributed by atoms with Crippen molar-refractivity contribution in [3.63, 3.8) is 0 Å². The lowest BCUT2D eigenvalue weighted by molar-refractivity contribution is 0.0423. The van der Waals surface area contributed by atoms with Gasteiger partial charge in [0.2, 0.25) is 0 Å². The van der Waals surface area contributed by atoms with Crippen LogP contribution in [0.5, 0.6) is 0 Å². The van der Waals surface area contributed by atoms with Crippen LogP contribution in [0.2, 0.25) is 0 Å². The molecule has 1 heterocycles. The highest BCUT2D eigenvalue weighted by Gasteiger charge is 2.30. The number of aromatic nitrogens is 1. The van der Waals surface area contributed by atoms with E-state index in [1.807, 2.05) is 27.7 Å².